The summed E-state index contributed by atoms with van der Waals surface area (Å²) < 4.78 is 40.7. The molecule has 0 aliphatic rings. The molecule has 4 heterocycles. The molecule has 9 rings (SSSR count). The zero-order valence-corrected chi connectivity index (χ0v) is 27.2. The Labute approximate surface area is 282 Å². The minimum absolute atomic E-state index is 0.189. The molecule has 0 atom stereocenters. The van der Waals surface area contributed by atoms with E-state index in [-0.39, 0.29) is 17.4 Å². The molecular formula is C43H35N3O2. The van der Waals surface area contributed by atoms with Crippen LogP contribution < -0.4 is 0 Å². The lowest BCUT2D eigenvalue weighted by Crippen LogP contribution is -2.09. The van der Waals surface area contributed by atoms with Crippen LogP contribution in [0, 0.1) is 6.85 Å². The van der Waals surface area contributed by atoms with E-state index < -0.39 is 6.85 Å². The van der Waals surface area contributed by atoms with Gasteiger partial charge in [0.1, 0.15) is 22.5 Å². The molecule has 0 unspecified atom stereocenters. The summed E-state index contributed by atoms with van der Waals surface area (Å²) in [4.78, 5) is 10.2. The van der Waals surface area contributed by atoms with Gasteiger partial charge in [0, 0.05) is 14.9 Å². The van der Waals surface area contributed by atoms with E-state index in [9.17, 15) is 0 Å². The molecule has 0 amide bonds. The van der Waals surface area contributed by atoms with Crippen molar-refractivity contribution < 1.29 is 12.9 Å². The standard InChI is InChI=1S/C43H35N3O2/c1-24(2)31-21-28(27-13-7-6-8-14-27)22-32(25(3)4)40(31)46-35-17-11-10-16-34(35)44-42(46)30-20-19-26(5)38-33-23-37-39(45-43(33)48-41(30)38)29-15-9-12-18-36(29)47-37/h6-25H,1-5H3/i5D3. The summed E-state index contributed by atoms with van der Waals surface area (Å²) in [5, 5.41) is 1.95. The number of nitrogens with zero attached hydrogens (tertiary/aromatic N) is 3. The van der Waals surface area contributed by atoms with Crippen molar-refractivity contribution in [2.24, 2.45) is 0 Å². The van der Waals surface area contributed by atoms with E-state index in [2.05, 4.69) is 74.7 Å². The van der Waals surface area contributed by atoms with Crippen LogP contribution >= 0.6 is 0 Å². The maximum absolute atomic E-state index is 8.53. The third-order valence-corrected chi connectivity index (χ3v) is 9.49. The molecule has 48 heavy (non-hydrogen) atoms. The second kappa shape index (κ2) is 10.7. The van der Waals surface area contributed by atoms with Gasteiger partial charge in [-0.1, -0.05) is 88.4 Å². The summed E-state index contributed by atoms with van der Waals surface area (Å²) >= 11 is 0. The summed E-state index contributed by atoms with van der Waals surface area (Å²) in [6.45, 7) is 6.50. The number of aromatic nitrogens is 3. The minimum Gasteiger partial charge on any atom is -0.454 e. The quantitative estimate of drug-likeness (QED) is 0.190. The zero-order chi connectivity index (χ0) is 35.2. The van der Waals surface area contributed by atoms with Gasteiger partial charge in [-0.2, -0.15) is 0 Å². The number of hydrogen-bond acceptors (Lipinski definition) is 4. The first kappa shape index (κ1) is 25.4. The van der Waals surface area contributed by atoms with Gasteiger partial charge in [-0.3, -0.25) is 4.57 Å². The Morgan fingerprint density at radius 2 is 1.40 bits per heavy atom. The molecule has 0 radical (unpaired) electrons. The van der Waals surface area contributed by atoms with Crippen LogP contribution in [0.3, 0.4) is 0 Å². The van der Waals surface area contributed by atoms with Gasteiger partial charge in [-0.05, 0) is 95.0 Å². The first-order chi connectivity index (χ1) is 24.6. The van der Waals surface area contributed by atoms with E-state index in [0.29, 0.717) is 50.1 Å². The first-order valence-corrected chi connectivity index (χ1v) is 16.5. The Bertz CT molecular complexity index is 2780. The maximum atomic E-state index is 8.53. The van der Waals surface area contributed by atoms with E-state index in [0.717, 1.165) is 22.1 Å². The fraction of sp³-hybridized carbons (Fsp3) is 0.163. The second-order valence-corrected chi connectivity index (χ2v) is 13.2. The predicted octanol–water partition coefficient (Wildman–Crippen LogP) is 12.1. The smallest absolute Gasteiger partial charge is 0.228 e. The lowest BCUT2D eigenvalue weighted by atomic mass is 9.88. The van der Waals surface area contributed by atoms with E-state index in [1.54, 1.807) is 6.07 Å². The fourth-order valence-corrected chi connectivity index (χ4v) is 7.15. The number of fused-ring (bicyclic) bond motifs is 7. The highest BCUT2D eigenvalue weighted by Crippen LogP contribution is 2.44. The highest BCUT2D eigenvalue weighted by molar-refractivity contribution is 6.14. The first-order valence-electron chi connectivity index (χ1n) is 18.0. The molecule has 0 aliphatic heterocycles. The van der Waals surface area contributed by atoms with Gasteiger partial charge in [-0.15, -0.1) is 0 Å². The molecule has 4 aromatic heterocycles. The summed E-state index contributed by atoms with van der Waals surface area (Å²) in [7, 11) is 0. The van der Waals surface area contributed by atoms with Crippen molar-refractivity contribution in [3.8, 4) is 28.2 Å². The van der Waals surface area contributed by atoms with Gasteiger partial charge in [0.05, 0.1) is 27.7 Å². The van der Waals surface area contributed by atoms with E-state index >= 15 is 0 Å². The normalized spacial score (nSPS) is 13.4. The Morgan fingerprint density at radius 1 is 0.667 bits per heavy atom. The molecule has 5 aromatic carbocycles. The molecule has 0 spiro atoms. The number of aryl methyl sites for hydroxylation is 1. The molecule has 0 saturated carbocycles. The monoisotopic (exact) mass is 628 g/mol. The van der Waals surface area contributed by atoms with Gasteiger partial charge in [-0.25, -0.2) is 9.97 Å². The highest BCUT2D eigenvalue weighted by atomic mass is 16.3. The molecule has 5 nitrogen and oxygen atoms in total. The lowest BCUT2D eigenvalue weighted by molar-refractivity contribution is 0.652. The third kappa shape index (κ3) is 4.24. The van der Waals surface area contributed by atoms with Crippen LogP contribution in [0.15, 0.2) is 118 Å². The van der Waals surface area contributed by atoms with Crippen molar-refractivity contribution in [3.05, 3.63) is 126 Å². The number of para-hydroxylation sites is 3. The minimum atomic E-state index is -2.40. The van der Waals surface area contributed by atoms with Gasteiger partial charge in [0.25, 0.3) is 0 Å². The van der Waals surface area contributed by atoms with Gasteiger partial charge < -0.3 is 8.83 Å². The number of benzene rings is 5. The summed E-state index contributed by atoms with van der Waals surface area (Å²) in [5.74, 6) is 1.05. The molecule has 234 valence electrons. The average Bonchev–Trinajstić information content (AvgIpc) is 3.80. The fourth-order valence-electron chi connectivity index (χ4n) is 7.15. The van der Waals surface area contributed by atoms with Gasteiger partial charge in [0.15, 0.2) is 5.58 Å². The number of furan rings is 2. The van der Waals surface area contributed by atoms with Crippen LogP contribution in [0.2, 0.25) is 0 Å². The number of rotatable bonds is 5. The maximum Gasteiger partial charge on any atom is 0.228 e. The topological polar surface area (TPSA) is 57.0 Å². The summed E-state index contributed by atoms with van der Waals surface area (Å²) in [6.07, 6.45) is 0. The predicted molar refractivity (Wildman–Crippen MR) is 197 cm³/mol. The molecule has 0 saturated heterocycles. The van der Waals surface area contributed by atoms with Crippen molar-refractivity contribution >= 4 is 55.2 Å². The number of pyridine rings is 1. The zero-order valence-electron chi connectivity index (χ0n) is 30.2. The van der Waals surface area contributed by atoms with Crippen LogP contribution in [-0.2, 0) is 0 Å². The van der Waals surface area contributed by atoms with Crippen LogP contribution in [0.25, 0.3) is 83.4 Å². The van der Waals surface area contributed by atoms with Crippen molar-refractivity contribution in [3.63, 3.8) is 0 Å². The van der Waals surface area contributed by atoms with Crippen LogP contribution in [-0.4, -0.2) is 14.5 Å². The Hall–Kier alpha value is -5.68. The van der Waals surface area contributed by atoms with Gasteiger partial charge in [0.2, 0.25) is 5.71 Å². The SMILES string of the molecule is [2H]C([2H])([2H])c1ccc(-c2nc3ccccc3n2-c2c(C(C)C)cc(-c3ccccc3)cc2C(C)C)c2oc3nc4c(cc3c12)oc1ccccc14. The highest BCUT2D eigenvalue weighted by Gasteiger charge is 2.26. The Balaban J connectivity index is 1.39. The van der Waals surface area contributed by atoms with Crippen molar-refractivity contribution in [1.82, 2.24) is 14.5 Å². The lowest BCUT2D eigenvalue weighted by Gasteiger charge is -2.24. The molecule has 5 heteroatoms. The molecule has 0 fully saturated rings. The van der Waals surface area contributed by atoms with Crippen LogP contribution in [0.5, 0.6) is 0 Å². The van der Waals surface area contributed by atoms with Crippen molar-refractivity contribution in [1.29, 1.82) is 0 Å². The average molecular weight is 629 g/mol. The molecule has 0 aliphatic carbocycles. The van der Waals surface area contributed by atoms with Crippen molar-refractivity contribution in [2.45, 2.75) is 46.4 Å². The van der Waals surface area contributed by atoms with E-state index in [4.69, 9.17) is 22.9 Å². The third-order valence-electron chi connectivity index (χ3n) is 9.49. The molecule has 0 N–H and O–H groups in total. The molecular weight excluding hydrogens is 590 g/mol. The number of imidazole rings is 1. The van der Waals surface area contributed by atoms with Crippen LogP contribution in [0.4, 0.5) is 0 Å². The van der Waals surface area contributed by atoms with Crippen molar-refractivity contribution in [2.75, 3.05) is 0 Å². The van der Waals surface area contributed by atoms with E-state index in [1.807, 2.05) is 60.7 Å². The van der Waals surface area contributed by atoms with Gasteiger partial charge >= 0.3 is 0 Å². The largest absolute Gasteiger partial charge is 0.454 e. The summed E-state index contributed by atoms with van der Waals surface area (Å²) in [6, 6.07) is 36.4. The second-order valence-electron chi connectivity index (χ2n) is 13.2. The van der Waals surface area contributed by atoms with E-state index in [1.165, 1.54) is 22.3 Å². The summed E-state index contributed by atoms with van der Waals surface area (Å²) in [5.41, 5.74) is 11.2. The van der Waals surface area contributed by atoms with Crippen LogP contribution in [0.1, 0.15) is 60.3 Å². The Kier molecular flexibility index (Phi) is 5.65. The molecule has 9 aromatic rings. The molecule has 0 bridgehead atoms. The Morgan fingerprint density at radius 3 is 2.17 bits per heavy atom. The number of hydrogen-bond donors (Lipinski definition) is 0.